The molecular weight excluding hydrogens is 186 g/mol. The number of hydrogen-bond acceptors (Lipinski definition) is 2. The Morgan fingerprint density at radius 2 is 1.93 bits per heavy atom. The van der Waals surface area contributed by atoms with Crippen LogP contribution in [0.1, 0.15) is 66.2 Å². The summed E-state index contributed by atoms with van der Waals surface area (Å²) in [7, 11) is 0. The van der Waals surface area contributed by atoms with Crippen LogP contribution in [0.4, 0.5) is 0 Å². The molecule has 0 saturated carbocycles. The number of unbranched alkanes of at least 4 members (excludes halogenated alkanes) is 1. The van der Waals surface area contributed by atoms with Gasteiger partial charge in [0.25, 0.3) is 0 Å². The lowest BCUT2D eigenvalue weighted by atomic mass is 9.89. The first-order valence-electron chi connectivity index (χ1n) is 6.19. The number of rotatable bonds is 8. The minimum Gasteiger partial charge on any atom is -0.325 e. The maximum absolute atomic E-state index is 11.7. The average molecular weight is 213 g/mol. The van der Waals surface area contributed by atoms with Crippen LogP contribution in [0.25, 0.3) is 0 Å². The van der Waals surface area contributed by atoms with E-state index in [4.69, 9.17) is 5.73 Å². The standard InChI is InChI=1S/C13H27NO/c1-5-7-8-11(6-2)9-12(15)10-13(3,4)14/h11H,5-10,14H2,1-4H3. The van der Waals surface area contributed by atoms with Gasteiger partial charge in [-0.15, -0.1) is 0 Å². The monoisotopic (exact) mass is 213 g/mol. The summed E-state index contributed by atoms with van der Waals surface area (Å²) in [5, 5.41) is 0. The normalized spacial score (nSPS) is 13.9. The molecule has 0 aliphatic heterocycles. The summed E-state index contributed by atoms with van der Waals surface area (Å²) in [5.41, 5.74) is 5.49. The third-order valence-corrected chi connectivity index (χ3v) is 2.71. The Labute approximate surface area is 94.6 Å². The fourth-order valence-corrected chi connectivity index (χ4v) is 1.85. The van der Waals surface area contributed by atoms with Crippen molar-refractivity contribution in [2.75, 3.05) is 0 Å². The molecular formula is C13H27NO. The van der Waals surface area contributed by atoms with Crippen LogP contribution < -0.4 is 5.73 Å². The zero-order valence-corrected chi connectivity index (χ0v) is 10.8. The molecule has 0 aliphatic carbocycles. The summed E-state index contributed by atoms with van der Waals surface area (Å²) in [6, 6.07) is 0. The fourth-order valence-electron chi connectivity index (χ4n) is 1.85. The number of nitrogens with two attached hydrogens (primary N) is 1. The van der Waals surface area contributed by atoms with E-state index in [-0.39, 0.29) is 5.54 Å². The van der Waals surface area contributed by atoms with Crippen LogP contribution in [0, 0.1) is 5.92 Å². The largest absolute Gasteiger partial charge is 0.325 e. The van der Waals surface area contributed by atoms with Crippen molar-refractivity contribution in [3.05, 3.63) is 0 Å². The van der Waals surface area contributed by atoms with E-state index >= 15 is 0 Å². The molecule has 0 aromatic carbocycles. The number of ketones is 1. The van der Waals surface area contributed by atoms with Gasteiger partial charge in [0.05, 0.1) is 0 Å². The first-order valence-corrected chi connectivity index (χ1v) is 6.19. The highest BCUT2D eigenvalue weighted by Crippen LogP contribution is 2.19. The first-order chi connectivity index (χ1) is 6.89. The maximum Gasteiger partial charge on any atom is 0.134 e. The Bertz CT molecular complexity index is 181. The van der Waals surface area contributed by atoms with Gasteiger partial charge in [0.1, 0.15) is 5.78 Å². The second-order valence-corrected chi connectivity index (χ2v) is 5.32. The van der Waals surface area contributed by atoms with Crippen LogP contribution in [-0.2, 0) is 4.79 Å². The summed E-state index contributed by atoms with van der Waals surface area (Å²) in [4.78, 5) is 11.7. The fraction of sp³-hybridized carbons (Fsp3) is 0.923. The topological polar surface area (TPSA) is 43.1 Å². The highest BCUT2D eigenvalue weighted by atomic mass is 16.1. The third-order valence-electron chi connectivity index (χ3n) is 2.71. The smallest absolute Gasteiger partial charge is 0.134 e. The number of Topliss-reactive ketones (excluding diaryl/α,β-unsaturated/α-hetero) is 1. The Kier molecular flexibility index (Phi) is 6.82. The lowest BCUT2D eigenvalue weighted by Gasteiger charge is -2.19. The molecule has 2 heteroatoms. The van der Waals surface area contributed by atoms with E-state index in [2.05, 4.69) is 13.8 Å². The molecule has 2 nitrogen and oxygen atoms in total. The number of carbonyl (C=O) groups excluding carboxylic acids is 1. The number of hydrogen-bond donors (Lipinski definition) is 1. The predicted octanol–water partition coefficient (Wildman–Crippen LogP) is 3.29. The van der Waals surface area contributed by atoms with E-state index in [1.54, 1.807) is 0 Å². The maximum atomic E-state index is 11.7. The van der Waals surface area contributed by atoms with Crippen LogP contribution in [0.3, 0.4) is 0 Å². The molecule has 0 fully saturated rings. The molecule has 0 rings (SSSR count). The molecule has 90 valence electrons. The lowest BCUT2D eigenvalue weighted by molar-refractivity contribution is -0.121. The second kappa shape index (κ2) is 7.00. The summed E-state index contributed by atoms with van der Waals surface area (Å²) < 4.78 is 0. The van der Waals surface area contributed by atoms with Gasteiger partial charge in [0.15, 0.2) is 0 Å². The molecule has 0 saturated heterocycles. The summed E-state index contributed by atoms with van der Waals surface area (Å²) in [6.45, 7) is 8.19. The van der Waals surface area contributed by atoms with Crippen LogP contribution in [0.15, 0.2) is 0 Å². The zero-order chi connectivity index (χ0) is 11.9. The highest BCUT2D eigenvalue weighted by molar-refractivity contribution is 5.79. The van der Waals surface area contributed by atoms with Gasteiger partial charge in [-0.1, -0.05) is 39.5 Å². The minimum absolute atomic E-state index is 0.324. The van der Waals surface area contributed by atoms with Crippen molar-refractivity contribution < 1.29 is 4.79 Å². The summed E-state index contributed by atoms with van der Waals surface area (Å²) in [5.74, 6) is 0.894. The van der Waals surface area contributed by atoms with Gasteiger partial charge in [0.2, 0.25) is 0 Å². The van der Waals surface area contributed by atoms with E-state index in [1.165, 1.54) is 19.3 Å². The van der Waals surface area contributed by atoms with Crippen molar-refractivity contribution in [1.82, 2.24) is 0 Å². The molecule has 0 heterocycles. The Morgan fingerprint density at radius 1 is 1.33 bits per heavy atom. The van der Waals surface area contributed by atoms with E-state index in [1.807, 2.05) is 13.8 Å². The number of carbonyl (C=O) groups is 1. The zero-order valence-electron chi connectivity index (χ0n) is 10.8. The van der Waals surface area contributed by atoms with Crippen LogP contribution in [-0.4, -0.2) is 11.3 Å². The predicted molar refractivity (Wildman–Crippen MR) is 65.8 cm³/mol. The molecule has 0 aliphatic rings. The quantitative estimate of drug-likeness (QED) is 0.672. The van der Waals surface area contributed by atoms with Crippen molar-refractivity contribution in [2.24, 2.45) is 11.7 Å². The van der Waals surface area contributed by atoms with E-state index in [9.17, 15) is 4.79 Å². The SMILES string of the molecule is CCCCC(CC)CC(=O)CC(C)(C)N. The van der Waals surface area contributed by atoms with Gasteiger partial charge < -0.3 is 5.73 Å². The molecule has 15 heavy (non-hydrogen) atoms. The van der Waals surface area contributed by atoms with Crippen molar-refractivity contribution in [1.29, 1.82) is 0 Å². The molecule has 0 spiro atoms. The van der Waals surface area contributed by atoms with Gasteiger partial charge >= 0.3 is 0 Å². The minimum atomic E-state index is -0.347. The Hall–Kier alpha value is -0.370. The van der Waals surface area contributed by atoms with E-state index < -0.39 is 0 Å². The summed E-state index contributed by atoms with van der Waals surface area (Å²) >= 11 is 0. The van der Waals surface area contributed by atoms with Crippen molar-refractivity contribution in [3.8, 4) is 0 Å². The van der Waals surface area contributed by atoms with Gasteiger partial charge in [-0.3, -0.25) is 4.79 Å². The molecule has 0 aromatic rings. The molecule has 0 amide bonds. The Balaban J connectivity index is 3.91. The average Bonchev–Trinajstić information content (AvgIpc) is 2.09. The molecule has 0 aromatic heterocycles. The molecule has 1 unspecified atom stereocenters. The second-order valence-electron chi connectivity index (χ2n) is 5.32. The van der Waals surface area contributed by atoms with Crippen molar-refractivity contribution >= 4 is 5.78 Å². The molecule has 1 atom stereocenters. The van der Waals surface area contributed by atoms with Gasteiger partial charge in [0, 0.05) is 18.4 Å². The first kappa shape index (κ1) is 14.6. The molecule has 2 N–H and O–H groups in total. The third kappa shape index (κ3) is 8.61. The molecule has 0 radical (unpaired) electrons. The molecule has 0 bridgehead atoms. The summed E-state index contributed by atoms with van der Waals surface area (Å²) in [6.07, 6.45) is 5.97. The van der Waals surface area contributed by atoms with Crippen molar-refractivity contribution in [3.63, 3.8) is 0 Å². The lowest BCUT2D eigenvalue weighted by Crippen LogP contribution is -2.35. The van der Waals surface area contributed by atoms with Crippen LogP contribution >= 0.6 is 0 Å². The van der Waals surface area contributed by atoms with Gasteiger partial charge in [-0.25, -0.2) is 0 Å². The van der Waals surface area contributed by atoms with Gasteiger partial charge in [-0.2, -0.15) is 0 Å². The van der Waals surface area contributed by atoms with E-state index in [0.29, 0.717) is 18.1 Å². The Morgan fingerprint density at radius 3 is 2.33 bits per heavy atom. The van der Waals surface area contributed by atoms with Crippen molar-refractivity contribution in [2.45, 2.75) is 71.8 Å². The van der Waals surface area contributed by atoms with Gasteiger partial charge in [-0.05, 0) is 19.8 Å². The van der Waals surface area contributed by atoms with Crippen LogP contribution in [0.5, 0.6) is 0 Å². The van der Waals surface area contributed by atoms with E-state index in [0.717, 1.165) is 12.8 Å². The van der Waals surface area contributed by atoms with Crippen LogP contribution in [0.2, 0.25) is 0 Å². The highest BCUT2D eigenvalue weighted by Gasteiger charge is 2.18.